The van der Waals surface area contributed by atoms with Crippen LogP contribution in [0.4, 0.5) is 0 Å². The smallest absolute Gasteiger partial charge is 0.0991 e. The minimum Gasteiger partial charge on any atom is -0.309 e. The van der Waals surface area contributed by atoms with Crippen LogP contribution in [-0.2, 0) is 0 Å². The predicted octanol–water partition coefficient (Wildman–Crippen LogP) is 9.99. The molecular weight excluding hydrogens is 545 g/mol. The number of nitrogens with zero attached hydrogens (tertiary/aromatic N) is 4. The summed E-state index contributed by atoms with van der Waals surface area (Å²) in [6.07, 6.45) is 0. The molecule has 0 aliphatic rings. The molecule has 0 aliphatic heterocycles. The summed E-state index contributed by atoms with van der Waals surface area (Å²) in [6.45, 7) is 0. The van der Waals surface area contributed by atoms with Crippen LogP contribution in [0.15, 0.2) is 121 Å². The highest BCUT2D eigenvalue weighted by Crippen LogP contribution is 2.41. The van der Waals surface area contributed by atoms with Gasteiger partial charge in [-0.3, -0.25) is 0 Å². The van der Waals surface area contributed by atoms with Gasteiger partial charge in [0.2, 0.25) is 0 Å². The molecule has 5 heteroatoms. The second-order valence-corrected chi connectivity index (χ2v) is 11.9. The maximum atomic E-state index is 9.57. The van der Waals surface area contributed by atoms with E-state index >= 15 is 0 Å². The van der Waals surface area contributed by atoms with Crippen LogP contribution in [0.3, 0.4) is 0 Å². The van der Waals surface area contributed by atoms with Crippen molar-refractivity contribution in [2.24, 2.45) is 0 Å². The van der Waals surface area contributed by atoms with E-state index < -0.39 is 0 Å². The Balaban J connectivity index is 1.33. The lowest BCUT2D eigenvalue weighted by Gasteiger charge is -2.13. The zero-order chi connectivity index (χ0) is 28.7. The zero-order valence-electron chi connectivity index (χ0n) is 22.7. The van der Waals surface area contributed by atoms with Crippen molar-refractivity contribution >= 4 is 75.1 Å². The minimum absolute atomic E-state index is 0.658. The highest BCUT2D eigenvalue weighted by molar-refractivity contribution is 7.25. The standard InChI is InChI=1S/C38H20N4S/c39-21-23-12-14-35-29(16-23)27-8-1-3-10-33(27)41(35)25-6-5-7-26(18-25)42-34-11-4-2-9-28(34)30-19-32-31-17-24(22-40)13-15-37(31)43-38(32)20-36(30)42/h1-20H. The number of rotatable bonds is 2. The van der Waals surface area contributed by atoms with Gasteiger partial charge in [0.1, 0.15) is 0 Å². The Kier molecular flexibility index (Phi) is 4.87. The van der Waals surface area contributed by atoms with Crippen LogP contribution in [0.5, 0.6) is 0 Å². The molecule has 0 bridgehead atoms. The van der Waals surface area contributed by atoms with E-state index in [0.717, 1.165) is 49.6 Å². The van der Waals surface area contributed by atoms with Crippen LogP contribution < -0.4 is 0 Å². The molecule has 0 N–H and O–H groups in total. The van der Waals surface area contributed by atoms with Crippen molar-refractivity contribution in [1.29, 1.82) is 10.5 Å². The van der Waals surface area contributed by atoms with Gasteiger partial charge in [-0.1, -0.05) is 42.5 Å². The van der Waals surface area contributed by atoms with Gasteiger partial charge in [-0.05, 0) is 78.9 Å². The Morgan fingerprint density at radius 3 is 1.67 bits per heavy atom. The Hall–Kier alpha value is -5.88. The van der Waals surface area contributed by atoms with Crippen LogP contribution in [0.1, 0.15) is 11.1 Å². The van der Waals surface area contributed by atoms with Crippen LogP contribution in [0.2, 0.25) is 0 Å². The monoisotopic (exact) mass is 564 g/mol. The summed E-state index contributed by atoms with van der Waals surface area (Å²) in [5, 5.41) is 26.0. The number of nitriles is 2. The summed E-state index contributed by atoms with van der Waals surface area (Å²) < 4.78 is 7.04. The van der Waals surface area contributed by atoms with Gasteiger partial charge in [0.05, 0.1) is 45.3 Å². The first-order chi connectivity index (χ1) is 21.2. The topological polar surface area (TPSA) is 57.4 Å². The molecule has 4 nitrogen and oxygen atoms in total. The van der Waals surface area contributed by atoms with E-state index in [2.05, 4.69) is 118 Å². The number of fused-ring (bicyclic) bond motifs is 9. The van der Waals surface area contributed by atoms with E-state index in [1.807, 2.05) is 24.3 Å². The van der Waals surface area contributed by atoms with E-state index in [-0.39, 0.29) is 0 Å². The molecule has 3 heterocycles. The van der Waals surface area contributed by atoms with E-state index in [9.17, 15) is 10.5 Å². The molecule has 43 heavy (non-hydrogen) atoms. The Bertz CT molecular complexity index is 2710. The molecule has 0 unspecified atom stereocenters. The van der Waals surface area contributed by atoms with Gasteiger partial charge < -0.3 is 9.13 Å². The third kappa shape index (κ3) is 3.35. The molecule has 0 atom stereocenters. The van der Waals surface area contributed by atoms with Gasteiger partial charge in [0.25, 0.3) is 0 Å². The minimum atomic E-state index is 0.658. The highest BCUT2D eigenvalue weighted by Gasteiger charge is 2.17. The molecule has 198 valence electrons. The number of para-hydroxylation sites is 2. The van der Waals surface area contributed by atoms with E-state index in [4.69, 9.17) is 0 Å². The Morgan fingerprint density at radius 2 is 0.977 bits per heavy atom. The number of aromatic nitrogens is 2. The summed E-state index contributed by atoms with van der Waals surface area (Å²) in [5.74, 6) is 0. The van der Waals surface area contributed by atoms with Crippen LogP contribution >= 0.6 is 11.3 Å². The predicted molar refractivity (Wildman–Crippen MR) is 177 cm³/mol. The number of hydrogen-bond acceptors (Lipinski definition) is 3. The molecule has 0 saturated heterocycles. The average Bonchev–Trinajstić information content (AvgIpc) is 3.70. The van der Waals surface area contributed by atoms with Gasteiger partial charge in [-0.2, -0.15) is 10.5 Å². The lowest BCUT2D eigenvalue weighted by molar-refractivity contribution is 1.13. The Morgan fingerprint density at radius 1 is 0.419 bits per heavy atom. The van der Waals surface area contributed by atoms with E-state index in [1.165, 1.54) is 25.6 Å². The summed E-state index contributed by atoms with van der Waals surface area (Å²) in [5.41, 5.74) is 7.96. The van der Waals surface area contributed by atoms with Crippen LogP contribution in [-0.4, -0.2) is 9.13 Å². The lowest BCUT2D eigenvalue weighted by Crippen LogP contribution is -1.98. The number of benzene rings is 6. The van der Waals surface area contributed by atoms with Crippen molar-refractivity contribution in [3.05, 3.63) is 132 Å². The molecule has 0 amide bonds. The third-order valence-electron chi connectivity index (χ3n) is 8.54. The molecule has 0 spiro atoms. The molecule has 0 aliphatic carbocycles. The largest absolute Gasteiger partial charge is 0.309 e. The molecule has 9 aromatic rings. The van der Waals surface area contributed by atoms with Crippen molar-refractivity contribution in [3.63, 3.8) is 0 Å². The quantitative estimate of drug-likeness (QED) is 0.210. The Labute approximate surface area is 250 Å². The fraction of sp³-hybridized carbons (Fsp3) is 0. The van der Waals surface area contributed by atoms with E-state index in [0.29, 0.717) is 11.1 Å². The lowest BCUT2D eigenvalue weighted by atomic mass is 10.1. The molecule has 0 saturated carbocycles. The fourth-order valence-electron chi connectivity index (χ4n) is 6.68. The van der Waals surface area contributed by atoms with Crippen LogP contribution in [0, 0.1) is 22.7 Å². The molecule has 0 fully saturated rings. The average molecular weight is 565 g/mol. The van der Waals surface area contributed by atoms with E-state index in [1.54, 1.807) is 11.3 Å². The SMILES string of the molecule is N#Cc1ccc2sc3cc4c(cc3c2c1)c1ccccc1n4-c1cccc(-n2c3ccccc3c3cc(C#N)ccc32)c1. The third-order valence-corrected chi connectivity index (χ3v) is 9.67. The first kappa shape index (κ1) is 23.8. The summed E-state index contributed by atoms with van der Waals surface area (Å²) >= 11 is 1.77. The maximum Gasteiger partial charge on any atom is 0.0991 e. The second kappa shape index (κ2) is 8.81. The van der Waals surface area contributed by atoms with Gasteiger partial charge >= 0.3 is 0 Å². The van der Waals surface area contributed by atoms with Crippen molar-refractivity contribution in [3.8, 4) is 23.5 Å². The summed E-state index contributed by atoms with van der Waals surface area (Å²) in [6, 6.07) is 46.7. The maximum absolute atomic E-state index is 9.57. The van der Waals surface area contributed by atoms with Crippen molar-refractivity contribution in [1.82, 2.24) is 9.13 Å². The number of hydrogen-bond donors (Lipinski definition) is 0. The molecule has 3 aromatic heterocycles. The van der Waals surface area contributed by atoms with Crippen LogP contribution in [0.25, 0.3) is 75.2 Å². The zero-order valence-corrected chi connectivity index (χ0v) is 23.6. The normalized spacial score (nSPS) is 11.7. The molecule has 0 radical (unpaired) electrons. The van der Waals surface area contributed by atoms with Gasteiger partial charge in [-0.15, -0.1) is 11.3 Å². The summed E-state index contributed by atoms with van der Waals surface area (Å²) in [4.78, 5) is 0. The molecule has 6 aromatic carbocycles. The van der Waals surface area contributed by atoms with Crippen molar-refractivity contribution in [2.45, 2.75) is 0 Å². The summed E-state index contributed by atoms with van der Waals surface area (Å²) in [7, 11) is 0. The highest BCUT2D eigenvalue weighted by atomic mass is 32.1. The molecular formula is C38H20N4S. The van der Waals surface area contributed by atoms with Crippen molar-refractivity contribution in [2.75, 3.05) is 0 Å². The molecule has 9 rings (SSSR count). The van der Waals surface area contributed by atoms with Gasteiger partial charge in [0.15, 0.2) is 0 Å². The number of thiophene rings is 1. The van der Waals surface area contributed by atoms with Gasteiger partial charge in [0, 0.05) is 53.1 Å². The second-order valence-electron chi connectivity index (χ2n) is 10.9. The first-order valence-electron chi connectivity index (χ1n) is 14.1. The van der Waals surface area contributed by atoms with Gasteiger partial charge in [-0.25, -0.2) is 0 Å². The fourth-order valence-corrected chi connectivity index (χ4v) is 7.78. The van der Waals surface area contributed by atoms with Crippen molar-refractivity contribution < 1.29 is 0 Å². The first-order valence-corrected chi connectivity index (χ1v) is 14.9.